The van der Waals surface area contributed by atoms with Crippen LogP contribution in [0.5, 0.6) is 5.75 Å². The highest BCUT2D eigenvalue weighted by Gasteiger charge is 2.30. The van der Waals surface area contributed by atoms with Gasteiger partial charge in [-0.05, 0) is 37.1 Å². The van der Waals surface area contributed by atoms with Crippen molar-refractivity contribution in [2.45, 2.75) is 18.9 Å². The van der Waals surface area contributed by atoms with Gasteiger partial charge in [0.25, 0.3) is 0 Å². The van der Waals surface area contributed by atoms with E-state index in [1.165, 1.54) is 0 Å². The number of hydrogen-bond donors (Lipinski definition) is 1. The zero-order valence-corrected chi connectivity index (χ0v) is 13.4. The minimum Gasteiger partial charge on any atom is -0.492 e. The fraction of sp³-hybridized carbons (Fsp3) is 0.562. The van der Waals surface area contributed by atoms with Crippen LogP contribution in [-0.4, -0.2) is 61.2 Å². The average molecular weight is 324 g/mol. The summed E-state index contributed by atoms with van der Waals surface area (Å²) in [4.78, 5) is 16.1. The number of rotatable bonds is 5. The Labute approximate surface area is 136 Å². The van der Waals surface area contributed by atoms with Gasteiger partial charge < -0.3 is 15.0 Å². The number of hydrogen-bond acceptors (Lipinski definition) is 3. The van der Waals surface area contributed by atoms with Gasteiger partial charge in [-0.1, -0.05) is 11.6 Å². The zero-order chi connectivity index (χ0) is 15.4. The third-order valence-electron chi connectivity index (χ3n) is 4.38. The summed E-state index contributed by atoms with van der Waals surface area (Å²) in [5.74, 6) is 0.855. The van der Waals surface area contributed by atoms with Crippen LogP contribution >= 0.6 is 11.6 Å². The average Bonchev–Trinajstić information content (AvgIpc) is 2.96. The van der Waals surface area contributed by atoms with Crippen LogP contribution in [0.25, 0.3) is 0 Å². The smallest absolute Gasteiger partial charge is 0.317 e. The van der Waals surface area contributed by atoms with Crippen LogP contribution in [0.3, 0.4) is 0 Å². The minimum absolute atomic E-state index is 0.101. The Morgan fingerprint density at radius 1 is 1.18 bits per heavy atom. The number of carbonyl (C=O) groups excluding carboxylic acids is 1. The molecule has 2 fully saturated rings. The lowest BCUT2D eigenvalue weighted by Gasteiger charge is -2.36. The third-order valence-corrected chi connectivity index (χ3v) is 4.63. The van der Waals surface area contributed by atoms with Crippen molar-refractivity contribution in [1.29, 1.82) is 0 Å². The monoisotopic (exact) mass is 323 g/mol. The maximum atomic E-state index is 11.7. The highest BCUT2D eigenvalue weighted by Crippen LogP contribution is 2.19. The summed E-state index contributed by atoms with van der Waals surface area (Å²) in [5, 5.41) is 3.60. The number of amides is 2. The van der Waals surface area contributed by atoms with E-state index in [9.17, 15) is 4.79 Å². The highest BCUT2D eigenvalue weighted by atomic mass is 35.5. The number of nitrogens with zero attached hydrogens (tertiary/aromatic N) is 2. The standard InChI is InChI=1S/C16H22ClN3O2/c17-13-1-3-15(4-2-13)22-12-11-19-8-5-14(6-9-19)20-10-7-18-16(20)21/h1-4,14H,5-12H2,(H,18,21). The number of carbonyl (C=O) groups is 1. The summed E-state index contributed by atoms with van der Waals surface area (Å²) in [7, 11) is 0. The molecule has 1 aromatic carbocycles. The topological polar surface area (TPSA) is 44.8 Å². The van der Waals surface area contributed by atoms with E-state index in [0.29, 0.717) is 12.6 Å². The van der Waals surface area contributed by atoms with E-state index in [1.54, 1.807) is 0 Å². The second kappa shape index (κ2) is 7.20. The molecule has 22 heavy (non-hydrogen) atoms. The van der Waals surface area contributed by atoms with Crippen molar-refractivity contribution < 1.29 is 9.53 Å². The minimum atomic E-state index is 0.101. The molecule has 120 valence electrons. The van der Waals surface area contributed by atoms with Gasteiger partial charge in [-0.3, -0.25) is 4.90 Å². The molecule has 0 spiro atoms. The molecule has 2 amide bonds. The van der Waals surface area contributed by atoms with Crippen molar-refractivity contribution in [3.63, 3.8) is 0 Å². The molecule has 5 nitrogen and oxygen atoms in total. The zero-order valence-electron chi connectivity index (χ0n) is 12.6. The number of piperidine rings is 1. The van der Waals surface area contributed by atoms with E-state index in [-0.39, 0.29) is 6.03 Å². The Hall–Kier alpha value is -1.46. The molecule has 0 bridgehead atoms. The lowest BCUT2D eigenvalue weighted by molar-refractivity contribution is 0.123. The van der Waals surface area contributed by atoms with E-state index in [1.807, 2.05) is 29.2 Å². The quantitative estimate of drug-likeness (QED) is 0.903. The molecule has 3 rings (SSSR count). The predicted molar refractivity (Wildman–Crippen MR) is 86.5 cm³/mol. The van der Waals surface area contributed by atoms with Gasteiger partial charge in [0.1, 0.15) is 12.4 Å². The number of halogens is 1. The molecule has 0 unspecified atom stereocenters. The largest absolute Gasteiger partial charge is 0.492 e. The van der Waals surface area contributed by atoms with Gasteiger partial charge in [-0.15, -0.1) is 0 Å². The van der Waals surface area contributed by atoms with Crippen LogP contribution in [0.4, 0.5) is 4.79 Å². The SMILES string of the molecule is O=C1NCCN1C1CCN(CCOc2ccc(Cl)cc2)CC1. The van der Waals surface area contributed by atoms with Gasteiger partial charge in [0.05, 0.1) is 0 Å². The molecule has 2 saturated heterocycles. The predicted octanol–water partition coefficient (Wildman–Crippen LogP) is 2.21. The third kappa shape index (κ3) is 3.84. The molecule has 6 heteroatoms. The van der Waals surface area contributed by atoms with Crippen LogP contribution in [0, 0.1) is 0 Å². The summed E-state index contributed by atoms with van der Waals surface area (Å²) >= 11 is 5.85. The Bertz CT molecular complexity index is 501. The first kappa shape index (κ1) is 15.4. The van der Waals surface area contributed by atoms with E-state index in [2.05, 4.69) is 10.2 Å². The Morgan fingerprint density at radius 2 is 1.91 bits per heavy atom. The first-order chi connectivity index (χ1) is 10.7. The fourth-order valence-corrected chi connectivity index (χ4v) is 3.24. The molecular weight excluding hydrogens is 302 g/mol. The first-order valence-corrected chi connectivity index (χ1v) is 8.25. The van der Waals surface area contributed by atoms with Crippen LogP contribution in [-0.2, 0) is 0 Å². The van der Waals surface area contributed by atoms with Gasteiger partial charge in [0, 0.05) is 43.8 Å². The van der Waals surface area contributed by atoms with E-state index in [0.717, 1.165) is 56.3 Å². The van der Waals surface area contributed by atoms with E-state index >= 15 is 0 Å². The number of benzene rings is 1. The second-order valence-electron chi connectivity index (χ2n) is 5.80. The number of likely N-dealkylation sites (tertiary alicyclic amines) is 1. The Kier molecular flexibility index (Phi) is 5.05. The molecular formula is C16H22ClN3O2. The molecule has 2 aliphatic rings. The normalized spacial score (nSPS) is 20.2. The molecule has 2 heterocycles. The summed E-state index contributed by atoms with van der Waals surface area (Å²) in [5.41, 5.74) is 0. The molecule has 1 aromatic rings. The van der Waals surface area contributed by atoms with Crippen molar-refractivity contribution in [2.75, 3.05) is 39.3 Å². The van der Waals surface area contributed by atoms with Crippen molar-refractivity contribution >= 4 is 17.6 Å². The molecule has 0 atom stereocenters. The Balaban J connectivity index is 1.37. The lowest BCUT2D eigenvalue weighted by atomic mass is 10.0. The summed E-state index contributed by atoms with van der Waals surface area (Å²) < 4.78 is 5.73. The van der Waals surface area contributed by atoms with Crippen LogP contribution < -0.4 is 10.1 Å². The number of urea groups is 1. The van der Waals surface area contributed by atoms with E-state index in [4.69, 9.17) is 16.3 Å². The molecule has 0 aliphatic carbocycles. The van der Waals surface area contributed by atoms with E-state index < -0.39 is 0 Å². The van der Waals surface area contributed by atoms with Crippen LogP contribution in [0.15, 0.2) is 24.3 Å². The second-order valence-corrected chi connectivity index (χ2v) is 6.24. The van der Waals surface area contributed by atoms with Crippen LogP contribution in [0.2, 0.25) is 5.02 Å². The summed E-state index contributed by atoms with van der Waals surface area (Å²) in [6.07, 6.45) is 2.10. The summed E-state index contributed by atoms with van der Waals surface area (Å²) in [6.45, 7) is 5.28. The molecule has 0 saturated carbocycles. The van der Waals surface area contributed by atoms with Gasteiger partial charge in [-0.25, -0.2) is 4.79 Å². The highest BCUT2D eigenvalue weighted by molar-refractivity contribution is 6.30. The van der Waals surface area contributed by atoms with Gasteiger partial charge >= 0.3 is 6.03 Å². The van der Waals surface area contributed by atoms with Crippen LogP contribution in [0.1, 0.15) is 12.8 Å². The summed E-state index contributed by atoms with van der Waals surface area (Å²) in [6, 6.07) is 7.95. The molecule has 2 aliphatic heterocycles. The number of nitrogens with one attached hydrogen (secondary N) is 1. The van der Waals surface area contributed by atoms with Crippen molar-refractivity contribution in [3.8, 4) is 5.75 Å². The van der Waals surface area contributed by atoms with Gasteiger partial charge in [-0.2, -0.15) is 0 Å². The Morgan fingerprint density at radius 3 is 2.55 bits per heavy atom. The molecule has 0 aromatic heterocycles. The van der Waals surface area contributed by atoms with Crippen molar-refractivity contribution in [1.82, 2.24) is 15.1 Å². The molecule has 0 radical (unpaired) electrons. The first-order valence-electron chi connectivity index (χ1n) is 7.87. The number of ether oxygens (including phenoxy) is 1. The molecule has 1 N–H and O–H groups in total. The van der Waals surface area contributed by atoms with Crippen molar-refractivity contribution in [2.24, 2.45) is 0 Å². The van der Waals surface area contributed by atoms with Gasteiger partial charge in [0.2, 0.25) is 0 Å². The van der Waals surface area contributed by atoms with Crippen molar-refractivity contribution in [3.05, 3.63) is 29.3 Å². The van der Waals surface area contributed by atoms with Gasteiger partial charge in [0.15, 0.2) is 0 Å². The maximum Gasteiger partial charge on any atom is 0.317 e. The lowest BCUT2D eigenvalue weighted by Crippen LogP contribution is -2.46. The fourth-order valence-electron chi connectivity index (χ4n) is 3.11. The maximum absolute atomic E-state index is 11.7.